The summed E-state index contributed by atoms with van der Waals surface area (Å²) in [6.07, 6.45) is 7.42. The van der Waals surface area contributed by atoms with Crippen LogP contribution in [0.2, 0.25) is 0 Å². The van der Waals surface area contributed by atoms with Gasteiger partial charge in [0.05, 0.1) is 13.2 Å². The predicted molar refractivity (Wildman–Crippen MR) is 59.3 cm³/mol. The summed E-state index contributed by atoms with van der Waals surface area (Å²) in [5, 5.41) is 0. The molecule has 0 aromatic rings. The van der Waals surface area contributed by atoms with Crippen molar-refractivity contribution in [1.29, 1.82) is 0 Å². The number of hydrogen-bond donors (Lipinski definition) is 0. The highest BCUT2D eigenvalue weighted by atomic mass is 31.1. The van der Waals surface area contributed by atoms with Gasteiger partial charge in [-0.3, -0.25) is 0 Å². The third-order valence-electron chi connectivity index (χ3n) is 1.82. The van der Waals surface area contributed by atoms with E-state index >= 15 is 0 Å². The van der Waals surface area contributed by atoms with Crippen molar-refractivity contribution in [2.75, 3.05) is 13.2 Å². The average molecular weight is 206 g/mol. The Morgan fingerprint density at radius 2 is 1.38 bits per heavy atom. The van der Waals surface area contributed by atoms with Gasteiger partial charge in [-0.2, -0.15) is 0 Å². The molecule has 0 saturated heterocycles. The van der Waals surface area contributed by atoms with E-state index in [1.54, 1.807) is 0 Å². The van der Waals surface area contributed by atoms with Gasteiger partial charge in [-0.1, -0.05) is 39.5 Å². The number of hydrogen-bond acceptors (Lipinski definition) is 2. The van der Waals surface area contributed by atoms with Crippen LogP contribution in [0.5, 0.6) is 0 Å². The second kappa shape index (κ2) is 12.3. The van der Waals surface area contributed by atoms with Gasteiger partial charge in [-0.25, -0.2) is 0 Å². The van der Waals surface area contributed by atoms with E-state index in [-0.39, 0.29) is 9.03 Å². The Balaban J connectivity index is 2.76. The lowest BCUT2D eigenvalue weighted by Crippen LogP contribution is -1.88. The second-order valence-electron chi connectivity index (χ2n) is 3.19. The topological polar surface area (TPSA) is 18.5 Å². The molecule has 0 heterocycles. The molecule has 0 aromatic heterocycles. The molecule has 0 bridgehead atoms. The smallest absolute Gasteiger partial charge is 0.155 e. The summed E-state index contributed by atoms with van der Waals surface area (Å²) in [4.78, 5) is 0. The summed E-state index contributed by atoms with van der Waals surface area (Å²) in [5.41, 5.74) is 0. The lowest BCUT2D eigenvalue weighted by Gasteiger charge is -2.03. The molecule has 0 aliphatic rings. The molecule has 1 atom stereocenters. The molecule has 2 nitrogen and oxygen atoms in total. The van der Waals surface area contributed by atoms with E-state index in [2.05, 4.69) is 13.8 Å². The van der Waals surface area contributed by atoms with Crippen LogP contribution < -0.4 is 0 Å². The Bertz CT molecular complexity index is 79.0. The maximum absolute atomic E-state index is 5.33. The molecule has 13 heavy (non-hydrogen) atoms. The molecular weight excluding hydrogens is 183 g/mol. The van der Waals surface area contributed by atoms with Crippen molar-refractivity contribution in [2.45, 2.75) is 52.4 Å². The van der Waals surface area contributed by atoms with Crippen LogP contribution in [0.3, 0.4) is 0 Å². The van der Waals surface area contributed by atoms with Crippen LogP contribution in [-0.4, -0.2) is 13.2 Å². The first-order chi connectivity index (χ1) is 6.41. The third-order valence-corrected chi connectivity index (χ3v) is 2.46. The molecule has 1 unspecified atom stereocenters. The molecule has 0 fully saturated rings. The van der Waals surface area contributed by atoms with Crippen molar-refractivity contribution < 1.29 is 9.05 Å². The van der Waals surface area contributed by atoms with Gasteiger partial charge in [-0.15, -0.1) is 0 Å². The highest BCUT2D eigenvalue weighted by molar-refractivity contribution is 7.26. The Morgan fingerprint density at radius 3 is 2.00 bits per heavy atom. The van der Waals surface area contributed by atoms with Gasteiger partial charge in [0.25, 0.3) is 0 Å². The fourth-order valence-corrected chi connectivity index (χ4v) is 1.48. The zero-order chi connectivity index (χ0) is 9.78. The maximum Gasteiger partial charge on any atom is 0.155 e. The molecule has 0 saturated carbocycles. The van der Waals surface area contributed by atoms with Gasteiger partial charge >= 0.3 is 0 Å². The summed E-state index contributed by atoms with van der Waals surface area (Å²) in [6.45, 7) is 6.10. The Labute approximate surface area is 84.3 Å². The van der Waals surface area contributed by atoms with E-state index in [0.717, 1.165) is 19.6 Å². The summed E-state index contributed by atoms with van der Waals surface area (Å²) in [5.74, 6) is 0. The quantitative estimate of drug-likeness (QED) is 0.398. The molecule has 0 spiro atoms. The molecule has 0 radical (unpaired) electrons. The predicted octanol–water partition coefficient (Wildman–Crippen LogP) is 3.91. The van der Waals surface area contributed by atoms with Gasteiger partial charge in [0, 0.05) is 0 Å². The molecule has 0 aromatic carbocycles. The Morgan fingerprint density at radius 1 is 0.769 bits per heavy atom. The fraction of sp³-hybridized carbons (Fsp3) is 1.00. The van der Waals surface area contributed by atoms with Gasteiger partial charge in [0.2, 0.25) is 0 Å². The number of rotatable bonds is 10. The molecule has 0 aliphatic heterocycles. The van der Waals surface area contributed by atoms with Crippen LogP contribution in [0.15, 0.2) is 0 Å². The monoisotopic (exact) mass is 206 g/mol. The van der Waals surface area contributed by atoms with E-state index in [4.69, 9.17) is 9.05 Å². The molecule has 0 aliphatic carbocycles. The van der Waals surface area contributed by atoms with Crippen molar-refractivity contribution >= 4 is 9.03 Å². The zero-order valence-corrected chi connectivity index (χ0v) is 9.97. The van der Waals surface area contributed by atoms with E-state index in [1.807, 2.05) is 0 Å². The molecule has 80 valence electrons. The van der Waals surface area contributed by atoms with Crippen molar-refractivity contribution in [2.24, 2.45) is 0 Å². The second-order valence-corrected chi connectivity index (χ2v) is 3.94. The highest BCUT2D eigenvalue weighted by Crippen LogP contribution is 2.15. The summed E-state index contributed by atoms with van der Waals surface area (Å²) < 4.78 is 10.6. The lowest BCUT2D eigenvalue weighted by atomic mass is 10.2. The minimum absolute atomic E-state index is 0.254. The van der Waals surface area contributed by atoms with Crippen LogP contribution in [0, 0.1) is 0 Å². The first kappa shape index (κ1) is 13.4. The van der Waals surface area contributed by atoms with Crippen molar-refractivity contribution in [3.05, 3.63) is 0 Å². The summed E-state index contributed by atoms with van der Waals surface area (Å²) in [7, 11) is 0.254. The van der Waals surface area contributed by atoms with Crippen LogP contribution in [-0.2, 0) is 9.05 Å². The largest absolute Gasteiger partial charge is 0.336 e. The van der Waals surface area contributed by atoms with E-state index in [9.17, 15) is 0 Å². The van der Waals surface area contributed by atoms with Gasteiger partial charge < -0.3 is 9.05 Å². The van der Waals surface area contributed by atoms with Crippen LogP contribution in [0.4, 0.5) is 0 Å². The lowest BCUT2D eigenvalue weighted by molar-refractivity contribution is 0.258. The molecular formula is C10H23O2P. The standard InChI is InChI=1S/C10H23O2P/c1-3-5-7-8-10-12-13-11-9-6-4-2/h13H,3-10H2,1-2H3. The highest BCUT2D eigenvalue weighted by Gasteiger charge is 1.90. The summed E-state index contributed by atoms with van der Waals surface area (Å²) in [6, 6.07) is 0. The van der Waals surface area contributed by atoms with E-state index < -0.39 is 0 Å². The molecule has 0 rings (SSSR count). The summed E-state index contributed by atoms with van der Waals surface area (Å²) >= 11 is 0. The average Bonchev–Trinajstić information content (AvgIpc) is 2.16. The number of unbranched alkanes of at least 4 members (excludes halogenated alkanes) is 4. The molecule has 3 heteroatoms. The van der Waals surface area contributed by atoms with Gasteiger partial charge in [0.15, 0.2) is 9.03 Å². The Hall–Kier alpha value is 0.350. The first-order valence-corrected chi connectivity index (χ1v) is 6.22. The minimum atomic E-state index is 0.254. The first-order valence-electron chi connectivity index (χ1n) is 5.40. The normalized spacial score (nSPS) is 11.5. The van der Waals surface area contributed by atoms with Gasteiger partial charge in [0.1, 0.15) is 0 Å². The van der Waals surface area contributed by atoms with Gasteiger partial charge in [-0.05, 0) is 12.8 Å². The van der Waals surface area contributed by atoms with E-state index in [0.29, 0.717) is 0 Å². The van der Waals surface area contributed by atoms with Crippen LogP contribution in [0.1, 0.15) is 52.4 Å². The van der Waals surface area contributed by atoms with E-state index in [1.165, 1.54) is 32.1 Å². The van der Waals surface area contributed by atoms with Crippen LogP contribution in [0.25, 0.3) is 0 Å². The fourth-order valence-electron chi connectivity index (χ4n) is 0.943. The molecule has 0 N–H and O–H groups in total. The van der Waals surface area contributed by atoms with Crippen LogP contribution >= 0.6 is 9.03 Å². The SMILES string of the molecule is CCCCCCOPOCCCC. The van der Waals surface area contributed by atoms with Crippen molar-refractivity contribution in [3.8, 4) is 0 Å². The zero-order valence-electron chi connectivity index (χ0n) is 8.97. The molecule has 0 amide bonds. The minimum Gasteiger partial charge on any atom is -0.336 e. The Kier molecular flexibility index (Phi) is 12.7. The van der Waals surface area contributed by atoms with Crippen molar-refractivity contribution in [1.82, 2.24) is 0 Å². The van der Waals surface area contributed by atoms with Crippen molar-refractivity contribution in [3.63, 3.8) is 0 Å². The maximum atomic E-state index is 5.33. The third kappa shape index (κ3) is 12.4.